The van der Waals surface area contributed by atoms with Crippen LogP contribution < -0.4 is 0 Å². The Balaban J connectivity index is 3.38. The smallest absolute Gasteiger partial charge is 0.258 e. The third-order valence-corrected chi connectivity index (χ3v) is 2.59. The Labute approximate surface area is 89.4 Å². The lowest BCUT2D eigenvalue weighted by molar-refractivity contribution is -0.386. The molecule has 0 amide bonds. The van der Waals surface area contributed by atoms with Gasteiger partial charge in [0.2, 0.25) is 0 Å². The van der Waals surface area contributed by atoms with E-state index in [0.29, 0.717) is 0 Å². The van der Waals surface area contributed by atoms with Gasteiger partial charge < -0.3 is 0 Å². The van der Waals surface area contributed by atoms with E-state index >= 15 is 0 Å². The van der Waals surface area contributed by atoms with Crippen molar-refractivity contribution in [1.29, 1.82) is 0 Å². The molecule has 0 aliphatic carbocycles. The standard InChI is InChI=1S/C6H2BrFINO2/c7-4-1-3(8)2-5(9)6(4)10(11)12/h1-2H. The van der Waals surface area contributed by atoms with E-state index in [1.54, 1.807) is 22.6 Å². The van der Waals surface area contributed by atoms with E-state index in [-0.39, 0.29) is 13.7 Å². The SMILES string of the molecule is O=[N+]([O-])c1c(Br)cc(F)cc1I. The number of hydrogen-bond donors (Lipinski definition) is 0. The first-order chi connectivity index (χ1) is 5.52. The molecule has 6 heteroatoms. The molecule has 0 radical (unpaired) electrons. The van der Waals surface area contributed by atoms with Crippen LogP contribution >= 0.6 is 38.5 Å². The number of benzene rings is 1. The maximum absolute atomic E-state index is 12.6. The minimum atomic E-state index is -0.550. The maximum Gasteiger partial charge on any atom is 0.296 e. The zero-order valence-corrected chi connectivity index (χ0v) is 9.30. The topological polar surface area (TPSA) is 43.1 Å². The molecule has 1 aromatic carbocycles. The fourth-order valence-electron chi connectivity index (χ4n) is 0.709. The lowest BCUT2D eigenvalue weighted by atomic mass is 10.3. The van der Waals surface area contributed by atoms with Crippen molar-refractivity contribution in [2.24, 2.45) is 0 Å². The van der Waals surface area contributed by atoms with Crippen molar-refractivity contribution in [1.82, 2.24) is 0 Å². The summed E-state index contributed by atoms with van der Waals surface area (Å²) in [6.45, 7) is 0. The van der Waals surface area contributed by atoms with Crippen LogP contribution in [0, 0.1) is 19.5 Å². The van der Waals surface area contributed by atoms with Crippen LogP contribution in [-0.4, -0.2) is 4.92 Å². The van der Waals surface area contributed by atoms with Crippen LogP contribution in [0.25, 0.3) is 0 Å². The fraction of sp³-hybridized carbons (Fsp3) is 0. The number of rotatable bonds is 1. The number of nitrogens with zero attached hydrogens (tertiary/aromatic N) is 1. The van der Waals surface area contributed by atoms with Crippen LogP contribution in [0.2, 0.25) is 0 Å². The Morgan fingerprint density at radius 2 is 2.17 bits per heavy atom. The van der Waals surface area contributed by atoms with E-state index in [2.05, 4.69) is 15.9 Å². The van der Waals surface area contributed by atoms with Gasteiger partial charge in [-0.3, -0.25) is 10.1 Å². The van der Waals surface area contributed by atoms with Crippen molar-refractivity contribution in [3.8, 4) is 0 Å². The summed E-state index contributed by atoms with van der Waals surface area (Å²) >= 11 is 4.63. The van der Waals surface area contributed by atoms with Gasteiger partial charge in [0.15, 0.2) is 0 Å². The molecular weight excluding hydrogens is 344 g/mol. The zero-order valence-electron chi connectivity index (χ0n) is 5.55. The van der Waals surface area contributed by atoms with Crippen molar-refractivity contribution in [3.63, 3.8) is 0 Å². The molecule has 0 aliphatic heterocycles. The second kappa shape index (κ2) is 3.65. The average Bonchev–Trinajstić information content (AvgIpc) is 1.82. The number of nitro benzene ring substituents is 1. The highest BCUT2D eigenvalue weighted by molar-refractivity contribution is 14.1. The first-order valence-electron chi connectivity index (χ1n) is 2.81. The van der Waals surface area contributed by atoms with Gasteiger partial charge >= 0.3 is 0 Å². The van der Waals surface area contributed by atoms with Crippen molar-refractivity contribution in [2.45, 2.75) is 0 Å². The van der Waals surface area contributed by atoms with E-state index in [1.807, 2.05) is 0 Å². The molecule has 0 aromatic heterocycles. The molecule has 0 saturated carbocycles. The zero-order chi connectivity index (χ0) is 9.30. The molecule has 0 atom stereocenters. The minimum absolute atomic E-state index is 0.1000. The summed E-state index contributed by atoms with van der Waals surface area (Å²) in [5.74, 6) is -0.489. The molecule has 0 saturated heterocycles. The Hall–Kier alpha value is -0.240. The summed E-state index contributed by atoms with van der Waals surface area (Å²) < 4.78 is 13.1. The average molecular weight is 346 g/mol. The van der Waals surface area contributed by atoms with Crippen LogP contribution in [0.1, 0.15) is 0 Å². The van der Waals surface area contributed by atoms with Gasteiger partial charge in [-0.1, -0.05) is 0 Å². The summed E-state index contributed by atoms with van der Waals surface area (Å²) in [5, 5.41) is 10.4. The summed E-state index contributed by atoms with van der Waals surface area (Å²) in [5.41, 5.74) is -0.1000. The minimum Gasteiger partial charge on any atom is -0.258 e. The van der Waals surface area contributed by atoms with Gasteiger partial charge in [-0.15, -0.1) is 0 Å². The van der Waals surface area contributed by atoms with Gasteiger partial charge in [0.05, 0.1) is 13.0 Å². The van der Waals surface area contributed by atoms with E-state index in [0.717, 1.165) is 12.1 Å². The molecule has 1 aromatic rings. The highest BCUT2D eigenvalue weighted by Gasteiger charge is 2.17. The van der Waals surface area contributed by atoms with Crippen LogP contribution in [0.4, 0.5) is 10.1 Å². The third kappa shape index (κ3) is 1.92. The normalized spacial score (nSPS) is 9.92. The molecule has 0 unspecified atom stereocenters. The highest BCUT2D eigenvalue weighted by Crippen LogP contribution is 2.30. The molecule has 0 bridgehead atoms. The van der Waals surface area contributed by atoms with Crippen molar-refractivity contribution >= 4 is 44.2 Å². The van der Waals surface area contributed by atoms with Crippen molar-refractivity contribution < 1.29 is 9.31 Å². The maximum atomic E-state index is 12.6. The molecular formula is C6H2BrFINO2. The molecule has 1 rings (SSSR count). The second-order valence-electron chi connectivity index (χ2n) is 1.98. The molecule has 0 spiro atoms. The monoisotopic (exact) mass is 345 g/mol. The molecule has 0 aliphatic rings. The van der Waals surface area contributed by atoms with Crippen molar-refractivity contribution in [3.05, 3.63) is 36.1 Å². The van der Waals surface area contributed by atoms with E-state index in [4.69, 9.17) is 0 Å². The second-order valence-corrected chi connectivity index (χ2v) is 3.99. The van der Waals surface area contributed by atoms with E-state index < -0.39 is 10.7 Å². The number of nitro groups is 1. The Morgan fingerprint density at radius 1 is 1.58 bits per heavy atom. The Kier molecular flexibility index (Phi) is 2.99. The fourth-order valence-corrected chi connectivity index (χ4v) is 2.44. The summed E-state index contributed by atoms with van der Waals surface area (Å²) in [6.07, 6.45) is 0. The van der Waals surface area contributed by atoms with Gasteiger partial charge in [0.1, 0.15) is 5.82 Å². The molecule has 3 nitrogen and oxygen atoms in total. The number of halogens is 3. The Morgan fingerprint density at radius 3 is 2.58 bits per heavy atom. The van der Waals surface area contributed by atoms with Gasteiger partial charge in [-0.2, -0.15) is 0 Å². The first kappa shape index (κ1) is 9.85. The van der Waals surface area contributed by atoms with Crippen LogP contribution in [0.15, 0.2) is 16.6 Å². The predicted octanol–water partition coefficient (Wildman–Crippen LogP) is 3.10. The third-order valence-electron chi connectivity index (χ3n) is 1.16. The summed E-state index contributed by atoms with van der Waals surface area (Å²) in [6, 6.07) is 2.18. The van der Waals surface area contributed by atoms with Gasteiger partial charge in [0.25, 0.3) is 5.69 Å². The lowest BCUT2D eigenvalue weighted by Crippen LogP contribution is -1.93. The van der Waals surface area contributed by atoms with Gasteiger partial charge in [-0.05, 0) is 50.7 Å². The predicted molar refractivity (Wildman–Crippen MR) is 53.5 cm³/mol. The van der Waals surface area contributed by atoms with Gasteiger partial charge in [0, 0.05) is 0 Å². The van der Waals surface area contributed by atoms with Crippen LogP contribution in [0.3, 0.4) is 0 Å². The van der Waals surface area contributed by atoms with Crippen LogP contribution in [0.5, 0.6) is 0 Å². The summed E-state index contributed by atoms with van der Waals surface area (Å²) in [4.78, 5) is 9.85. The highest BCUT2D eigenvalue weighted by atomic mass is 127. The van der Waals surface area contributed by atoms with Crippen molar-refractivity contribution in [2.75, 3.05) is 0 Å². The van der Waals surface area contributed by atoms with E-state index in [1.165, 1.54) is 0 Å². The molecule has 12 heavy (non-hydrogen) atoms. The number of hydrogen-bond acceptors (Lipinski definition) is 2. The first-order valence-corrected chi connectivity index (χ1v) is 4.68. The van der Waals surface area contributed by atoms with Crippen LogP contribution in [-0.2, 0) is 0 Å². The summed E-state index contributed by atoms with van der Waals surface area (Å²) in [7, 11) is 0. The van der Waals surface area contributed by atoms with E-state index in [9.17, 15) is 14.5 Å². The largest absolute Gasteiger partial charge is 0.296 e. The molecule has 0 fully saturated rings. The molecule has 0 heterocycles. The quantitative estimate of drug-likeness (QED) is 0.446. The molecule has 64 valence electrons. The Bertz CT molecular complexity index is 321. The molecule has 0 N–H and O–H groups in total. The lowest BCUT2D eigenvalue weighted by Gasteiger charge is -1.97. The van der Waals surface area contributed by atoms with Gasteiger partial charge in [-0.25, -0.2) is 4.39 Å².